The van der Waals surface area contributed by atoms with E-state index < -0.39 is 5.97 Å². The molecule has 3 rings (SSSR count). The van der Waals surface area contributed by atoms with Crippen LogP contribution in [-0.4, -0.2) is 29.6 Å². The number of methoxy groups -OCH3 is 1. The molecule has 0 bridgehead atoms. The van der Waals surface area contributed by atoms with Gasteiger partial charge in [0.2, 0.25) is 5.76 Å². The molecule has 3 aromatic rings. The summed E-state index contributed by atoms with van der Waals surface area (Å²) in [7, 11) is 1.34. The molecule has 0 saturated carbocycles. The highest BCUT2D eigenvalue weighted by atomic mass is 32.2. The van der Waals surface area contributed by atoms with Crippen LogP contribution in [0, 0.1) is 6.92 Å². The second-order valence-corrected chi connectivity index (χ2v) is 6.35. The van der Waals surface area contributed by atoms with Crippen LogP contribution in [0.5, 0.6) is 0 Å². The van der Waals surface area contributed by atoms with Gasteiger partial charge in [0.15, 0.2) is 5.16 Å². The van der Waals surface area contributed by atoms with Crippen molar-refractivity contribution in [2.45, 2.75) is 24.8 Å². The summed E-state index contributed by atoms with van der Waals surface area (Å²) in [5.41, 5.74) is 1.65. The van der Waals surface area contributed by atoms with Gasteiger partial charge in [-0.3, -0.25) is 0 Å². The third-order valence-electron chi connectivity index (χ3n) is 3.61. The fourth-order valence-corrected chi connectivity index (χ4v) is 3.20. The number of thioether (sulfide) groups is 1. The van der Waals surface area contributed by atoms with Crippen molar-refractivity contribution in [1.29, 1.82) is 0 Å². The number of para-hydroxylation sites is 1. The second-order valence-electron chi connectivity index (χ2n) is 5.41. The Hall–Kier alpha value is -2.54. The minimum Gasteiger partial charge on any atom is -0.463 e. The predicted octanol–water partition coefficient (Wildman–Crippen LogP) is 4.04. The molecule has 0 aliphatic rings. The summed E-state index contributed by atoms with van der Waals surface area (Å²) >= 11 is 1.46. The van der Waals surface area contributed by atoms with Gasteiger partial charge in [-0.1, -0.05) is 23.9 Å². The highest BCUT2D eigenvalue weighted by Gasteiger charge is 2.16. The van der Waals surface area contributed by atoms with Crippen molar-refractivity contribution in [3.05, 3.63) is 47.4 Å². The number of hydrogen-bond acceptors (Lipinski definition) is 7. The summed E-state index contributed by atoms with van der Waals surface area (Å²) in [6.07, 6.45) is 0. The van der Waals surface area contributed by atoms with Gasteiger partial charge in [0.05, 0.1) is 18.4 Å². The molecule has 0 spiro atoms. The zero-order valence-corrected chi connectivity index (χ0v) is 15.1. The molecule has 0 amide bonds. The number of anilines is 1. The average Bonchev–Trinajstić information content (AvgIpc) is 3.00. The minimum atomic E-state index is -0.467. The van der Waals surface area contributed by atoms with Crippen LogP contribution in [0.2, 0.25) is 0 Å². The van der Waals surface area contributed by atoms with Crippen LogP contribution in [0.3, 0.4) is 0 Å². The van der Waals surface area contributed by atoms with Crippen LogP contribution in [-0.2, 0) is 10.5 Å². The van der Waals surface area contributed by atoms with Crippen molar-refractivity contribution in [3.8, 4) is 0 Å². The van der Waals surface area contributed by atoms with Crippen molar-refractivity contribution in [2.24, 2.45) is 0 Å². The molecule has 6 nitrogen and oxygen atoms in total. The number of furan rings is 1. The van der Waals surface area contributed by atoms with Crippen molar-refractivity contribution < 1.29 is 13.9 Å². The lowest BCUT2D eigenvalue weighted by Crippen LogP contribution is -2.02. The molecule has 1 aromatic carbocycles. The van der Waals surface area contributed by atoms with Gasteiger partial charge in [0, 0.05) is 17.5 Å². The Labute approximate surface area is 150 Å². The molecular weight excluding hydrogens is 338 g/mol. The lowest BCUT2D eigenvalue weighted by Gasteiger charge is -2.08. The summed E-state index contributed by atoms with van der Waals surface area (Å²) in [6, 6.07) is 9.73. The zero-order valence-electron chi connectivity index (χ0n) is 14.3. The van der Waals surface area contributed by atoms with Gasteiger partial charge < -0.3 is 14.5 Å². The van der Waals surface area contributed by atoms with Gasteiger partial charge in [-0.25, -0.2) is 14.8 Å². The van der Waals surface area contributed by atoms with E-state index in [4.69, 9.17) is 9.15 Å². The van der Waals surface area contributed by atoms with Gasteiger partial charge in [-0.15, -0.1) is 0 Å². The number of fused-ring (bicyclic) bond motifs is 1. The number of carbonyl (C=O) groups is 1. The molecule has 0 fully saturated rings. The molecule has 130 valence electrons. The minimum absolute atomic E-state index is 0.242. The van der Waals surface area contributed by atoms with E-state index >= 15 is 0 Å². The maximum Gasteiger partial charge on any atom is 0.374 e. The lowest BCUT2D eigenvalue weighted by molar-refractivity contribution is 0.0562. The molecule has 1 N–H and O–H groups in total. The third-order valence-corrected chi connectivity index (χ3v) is 4.48. The lowest BCUT2D eigenvalue weighted by atomic mass is 10.2. The Bertz CT molecular complexity index is 908. The highest BCUT2D eigenvalue weighted by molar-refractivity contribution is 7.98. The fraction of sp³-hybridized carbons (Fsp3) is 0.278. The Balaban J connectivity index is 1.82. The first-order valence-electron chi connectivity index (χ1n) is 7.93. The van der Waals surface area contributed by atoms with Gasteiger partial charge in [0.1, 0.15) is 11.6 Å². The average molecular weight is 357 g/mol. The van der Waals surface area contributed by atoms with Gasteiger partial charge in [-0.05, 0) is 32.0 Å². The van der Waals surface area contributed by atoms with E-state index in [1.165, 1.54) is 18.9 Å². The molecule has 7 heteroatoms. The Morgan fingerprint density at radius 2 is 2.12 bits per heavy atom. The molecule has 25 heavy (non-hydrogen) atoms. The number of hydrogen-bond donors (Lipinski definition) is 1. The molecule has 2 heterocycles. The van der Waals surface area contributed by atoms with Crippen LogP contribution in [0.4, 0.5) is 5.82 Å². The number of aryl methyl sites for hydroxylation is 1. The second kappa shape index (κ2) is 7.57. The van der Waals surface area contributed by atoms with Crippen LogP contribution in [0.25, 0.3) is 10.9 Å². The van der Waals surface area contributed by atoms with Crippen LogP contribution >= 0.6 is 11.8 Å². The topological polar surface area (TPSA) is 77.2 Å². The summed E-state index contributed by atoms with van der Waals surface area (Å²) in [5.74, 6) is 1.81. The quantitative estimate of drug-likeness (QED) is 0.405. The van der Waals surface area contributed by atoms with E-state index in [1.54, 1.807) is 0 Å². The van der Waals surface area contributed by atoms with Crippen molar-refractivity contribution in [2.75, 3.05) is 19.0 Å². The number of aromatic nitrogens is 2. The Morgan fingerprint density at radius 3 is 2.88 bits per heavy atom. The Morgan fingerprint density at radius 1 is 1.32 bits per heavy atom. The summed E-state index contributed by atoms with van der Waals surface area (Å²) in [5, 5.41) is 4.93. The zero-order chi connectivity index (χ0) is 17.8. The van der Waals surface area contributed by atoms with Crippen LogP contribution in [0.1, 0.15) is 28.8 Å². The number of benzene rings is 1. The van der Waals surface area contributed by atoms with Crippen molar-refractivity contribution >= 4 is 34.5 Å². The third kappa shape index (κ3) is 3.76. The van der Waals surface area contributed by atoms with Crippen LogP contribution in [0.15, 0.2) is 39.9 Å². The van der Waals surface area contributed by atoms with E-state index in [0.29, 0.717) is 16.7 Å². The molecule has 0 radical (unpaired) electrons. The van der Waals surface area contributed by atoms with E-state index in [1.807, 2.05) is 44.2 Å². The molecule has 0 atom stereocenters. The van der Waals surface area contributed by atoms with E-state index in [2.05, 4.69) is 15.3 Å². The maximum absolute atomic E-state index is 11.6. The number of rotatable bonds is 6. The number of carbonyl (C=O) groups excluding carboxylic acids is 1. The summed E-state index contributed by atoms with van der Waals surface area (Å²) in [6.45, 7) is 4.63. The fourth-order valence-electron chi connectivity index (χ4n) is 2.47. The molecule has 0 aliphatic heterocycles. The largest absolute Gasteiger partial charge is 0.463 e. The highest BCUT2D eigenvalue weighted by Crippen LogP contribution is 2.27. The summed E-state index contributed by atoms with van der Waals surface area (Å²) < 4.78 is 10.3. The number of esters is 1. The van der Waals surface area contributed by atoms with Crippen molar-refractivity contribution in [1.82, 2.24) is 9.97 Å². The maximum atomic E-state index is 11.6. The van der Waals surface area contributed by atoms with Gasteiger partial charge >= 0.3 is 5.97 Å². The molecule has 0 unspecified atom stereocenters. The van der Waals surface area contributed by atoms with Gasteiger partial charge in [0.25, 0.3) is 0 Å². The number of nitrogens with one attached hydrogen (secondary N) is 1. The SMILES string of the molecule is CCNc1nc(SCc2cc(C)c(C(=O)OC)o2)nc2ccccc12. The predicted molar refractivity (Wildman–Crippen MR) is 98.0 cm³/mol. The van der Waals surface area contributed by atoms with Crippen LogP contribution < -0.4 is 5.32 Å². The number of ether oxygens (including phenoxy) is 1. The molecule has 0 saturated heterocycles. The first-order chi connectivity index (χ1) is 12.1. The summed E-state index contributed by atoms with van der Waals surface area (Å²) in [4.78, 5) is 20.8. The molecule has 2 aromatic heterocycles. The smallest absolute Gasteiger partial charge is 0.374 e. The van der Waals surface area contributed by atoms with Crippen molar-refractivity contribution in [3.63, 3.8) is 0 Å². The van der Waals surface area contributed by atoms with E-state index in [0.717, 1.165) is 28.8 Å². The van der Waals surface area contributed by atoms with E-state index in [-0.39, 0.29) is 5.76 Å². The molecular formula is C18H19N3O3S. The van der Waals surface area contributed by atoms with E-state index in [9.17, 15) is 4.79 Å². The standard InChI is InChI=1S/C18H19N3O3S/c1-4-19-16-13-7-5-6-8-14(13)20-18(21-16)25-10-12-9-11(2)15(24-12)17(22)23-3/h5-9H,4,10H2,1-3H3,(H,19,20,21). The Kier molecular flexibility index (Phi) is 5.23. The van der Waals surface area contributed by atoms with Gasteiger partial charge in [-0.2, -0.15) is 0 Å². The normalized spacial score (nSPS) is 10.8. The first kappa shape index (κ1) is 17.3. The first-order valence-corrected chi connectivity index (χ1v) is 8.92. The molecule has 0 aliphatic carbocycles. The monoisotopic (exact) mass is 357 g/mol. The number of nitrogens with zero attached hydrogens (tertiary/aromatic N) is 2.